The zero-order chi connectivity index (χ0) is 15.5. The molecule has 8 nitrogen and oxygen atoms in total. The van der Waals surface area contributed by atoms with Gasteiger partial charge in [0, 0.05) is 26.2 Å². The van der Waals surface area contributed by atoms with E-state index < -0.39 is 0 Å². The average Bonchev–Trinajstić information content (AvgIpc) is 3.17. The summed E-state index contributed by atoms with van der Waals surface area (Å²) in [6, 6.07) is 0. The van der Waals surface area contributed by atoms with Crippen molar-refractivity contribution in [2.24, 2.45) is 0 Å². The van der Waals surface area contributed by atoms with Crippen LogP contribution in [-0.4, -0.2) is 52.6 Å². The fourth-order valence-electron chi connectivity index (χ4n) is 3.27. The fraction of sp³-hybridized carbons (Fsp3) is 0.733. The van der Waals surface area contributed by atoms with Crippen LogP contribution in [-0.2, 0) is 4.74 Å². The van der Waals surface area contributed by atoms with Gasteiger partial charge in [0.1, 0.15) is 0 Å². The highest BCUT2D eigenvalue weighted by Crippen LogP contribution is 2.26. The third-order valence-electron chi connectivity index (χ3n) is 4.52. The number of rotatable bonds is 4. The molecular weight excluding hydrogens is 296 g/mol. The Kier molecular flexibility index (Phi) is 4.23. The van der Waals surface area contributed by atoms with E-state index in [-0.39, 0.29) is 6.10 Å². The van der Waals surface area contributed by atoms with Gasteiger partial charge in [-0.25, -0.2) is 14.6 Å². The molecule has 0 aromatic carbocycles. The lowest BCUT2D eigenvalue weighted by Crippen LogP contribution is -2.28. The maximum atomic E-state index is 5.68. The fourth-order valence-corrected chi connectivity index (χ4v) is 3.27. The number of fused-ring (bicyclic) bond motifs is 1. The standard InChI is InChI=1S/C15H22N6O2/c1-2-4-8-21(7-3-1)15-14(16-10-11-6-5-9-22-11)17-12-13(18-15)20-23-19-12/h11H,1-10H2,(H,16,17,19)/t11-/m0/s1. The minimum absolute atomic E-state index is 0.250. The molecule has 2 aromatic rings. The molecule has 2 fully saturated rings. The van der Waals surface area contributed by atoms with Gasteiger partial charge in [-0.2, -0.15) is 0 Å². The molecule has 2 saturated heterocycles. The molecule has 0 aliphatic carbocycles. The van der Waals surface area contributed by atoms with Crippen LogP contribution in [0.3, 0.4) is 0 Å². The van der Waals surface area contributed by atoms with Crippen LogP contribution in [0.25, 0.3) is 11.3 Å². The van der Waals surface area contributed by atoms with Crippen LogP contribution in [0.2, 0.25) is 0 Å². The molecule has 4 heterocycles. The maximum absolute atomic E-state index is 5.68. The van der Waals surface area contributed by atoms with E-state index in [0.29, 0.717) is 11.3 Å². The Bertz CT molecular complexity index is 646. The van der Waals surface area contributed by atoms with Crippen LogP contribution in [0.1, 0.15) is 38.5 Å². The molecule has 0 bridgehead atoms. The summed E-state index contributed by atoms with van der Waals surface area (Å²) in [4.78, 5) is 11.5. The van der Waals surface area contributed by atoms with Gasteiger partial charge in [-0.05, 0) is 36.0 Å². The number of nitrogens with one attached hydrogen (secondary N) is 1. The second-order valence-corrected chi connectivity index (χ2v) is 6.22. The van der Waals surface area contributed by atoms with Crippen LogP contribution < -0.4 is 10.2 Å². The third kappa shape index (κ3) is 3.21. The van der Waals surface area contributed by atoms with Crippen molar-refractivity contribution in [3.05, 3.63) is 0 Å². The topological polar surface area (TPSA) is 89.2 Å². The van der Waals surface area contributed by atoms with Gasteiger partial charge in [-0.1, -0.05) is 12.8 Å². The Balaban J connectivity index is 1.60. The number of anilines is 2. The van der Waals surface area contributed by atoms with Crippen LogP contribution in [0.5, 0.6) is 0 Å². The molecule has 2 aromatic heterocycles. The number of hydrogen-bond donors (Lipinski definition) is 1. The van der Waals surface area contributed by atoms with E-state index in [4.69, 9.17) is 9.37 Å². The molecule has 0 unspecified atom stereocenters. The molecule has 4 rings (SSSR count). The van der Waals surface area contributed by atoms with Crippen molar-refractivity contribution in [2.45, 2.75) is 44.6 Å². The van der Waals surface area contributed by atoms with E-state index in [2.05, 4.69) is 30.5 Å². The largest absolute Gasteiger partial charge is 0.376 e. The Morgan fingerprint density at radius 3 is 2.52 bits per heavy atom. The summed E-state index contributed by atoms with van der Waals surface area (Å²) in [5, 5.41) is 11.1. The van der Waals surface area contributed by atoms with Crippen molar-refractivity contribution in [3.8, 4) is 0 Å². The normalized spacial score (nSPS) is 22.4. The second kappa shape index (κ2) is 6.66. The van der Waals surface area contributed by atoms with E-state index in [1.54, 1.807) is 0 Å². The minimum atomic E-state index is 0.250. The third-order valence-corrected chi connectivity index (χ3v) is 4.52. The first-order valence-electron chi connectivity index (χ1n) is 8.51. The molecular formula is C15H22N6O2. The molecule has 0 saturated carbocycles. The smallest absolute Gasteiger partial charge is 0.245 e. The summed E-state index contributed by atoms with van der Waals surface area (Å²) in [5.74, 6) is 1.61. The van der Waals surface area contributed by atoms with Crippen molar-refractivity contribution >= 4 is 22.9 Å². The monoisotopic (exact) mass is 318 g/mol. The molecule has 1 N–H and O–H groups in total. The minimum Gasteiger partial charge on any atom is -0.376 e. The van der Waals surface area contributed by atoms with E-state index in [9.17, 15) is 0 Å². The zero-order valence-electron chi connectivity index (χ0n) is 13.2. The Morgan fingerprint density at radius 1 is 1.00 bits per heavy atom. The van der Waals surface area contributed by atoms with Gasteiger partial charge in [0.05, 0.1) is 6.10 Å². The molecule has 0 spiro atoms. The number of nitrogens with zero attached hydrogens (tertiary/aromatic N) is 5. The summed E-state index contributed by atoms with van der Waals surface area (Å²) in [6.45, 7) is 3.59. The van der Waals surface area contributed by atoms with Crippen molar-refractivity contribution < 1.29 is 9.37 Å². The van der Waals surface area contributed by atoms with Gasteiger partial charge in [-0.15, -0.1) is 0 Å². The highest BCUT2D eigenvalue weighted by Gasteiger charge is 2.21. The lowest BCUT2D eigenvalue weighted by Gasteiger charge is -2.23. The molecule has 2 aliphatic rings. The summed E-state index contributed by atoms with van der Waals surface area (Å²) in [6.07, 6.45) is 7.38. The van der Waals surface area contributed by atoms with E-state index in [0.717, 1.165) is 50.7 Å². The molecule has 0 amide bonds. The summed E-state index contributed by atoms with van der Waals surface area (Å²) in [7, 11) is 0. The average molecular weight is 318 g/mol. The summed E-state index contributed by atoms with van der Waals surface area (Å²) < 4.78 is 10.5. The van der Waals surface area contributed by atoms with Gasteiger partial charge in [0.25, 0.3) is 0 Å². The second-order valence-electron chi connectivity index (χ2n) is 6.22. The first kappa shape index (κ1) is 14.6. The Hall–Kier alpha value is -1.96. The predicted molar refractivity (Wildman–Crippen MR) is 85.5 cm³/mol. The van der Waals surface area contributed by atoms with Gasteiger partial charge >= 0.3 is 0 Å². The number of ether oxygens (including phenoxy) is 1. The van der Waals surface area contributed by atoms with Gasteiger partial charge in [-0.3, -0.25) is 0 Å². The summed E-state index contributed by atoms with van der Waals surface area (Å²) >= 11 is 0. The van der Waals surface area contributed by atoms with Crippen molar-refractivity contribution in [1.82, 2.24) is 20.3 Å². The lowest BCUT2D eigenvalue weighted by atomic mass is 10.2. The first-order chi connectivity index (χ1) is 11.4. The molecule has 2 aliphatic heterocycles. The van der Waals surface area contributed by atoms with Crippen molar-refractivity contribution in [2.75, 3.05) is 36.5 Å². The van der Waals surface area contributed by atoms with Crippen LogP contribution >= 0.6 is 0 Å². The molecule has 0 radical (unpaired) electrons. The predicted octanol–water partition coefficient (Wildman–Crippen LogP) is 1.98. The van der Waals surface area contributed by atoms with Gasteiger partial charge < -0.3 is 15.0 Å². The van der Waals surface area contributed by atoms with Gasteiger partial charge in [0.2, 0.25) is 11.3 Å². The zero-order valence-corrected chi connectivity index (χ0v) is 13.2. The maximum Gasteiger partial charge on any atom is 0.245 e. The van der Waals surface area contributed by atoms with Crippen LogP contribution in [0.15, 0.2) is 4.63 Å². The van der Waals surface area contributed by atoms with E-state index >= 15 is 0 Å². The Morgan fingerprint density at radius 2 is 1.78 bits per heavy atom. The highest BCUT2D eigenvalue weighted by atomic mass is 16.6. The summed E-state index contributed by atoms with van der Waals surface area (Å²) in [5.41, 5.74) is 0.908. The molecule has 124 valence electrons. The van der Waals surface area contributed by atoms with Crippen molar-refractivity contribution in [3.63, 3.8) is 0 Å². The number of aromatic nitrogens is 4. The van der Waals surface area contributed by atoms with E-state index in [1.165, 1.54) is 25.7 Å². The van der Waals surface area contributed by atoms with Crippen molar-refractivity contribution in [1.29, 1.82) is 0 Å². The molecule has 1 atom stereocenters. The van der Waals surface area contributed by atoms with E-state index in [1.807, 2.05) is 0 Å². The number of hydrogen-bond acceptors (Lipinski definition) is 8. The molecule has 8 heteroatoms. The lowest BCUT2D eigenvalue weighted by molar-refractivity contribution is 0.120. The van der Waals surface area contributed by atoms with Crippen LogP contribution in [0, 0.1) is 0 Å². The highest BCUT2D eigenvalue weighted by molar-refractivity contribution is 5.74. The quantitative estimate of drug-likeness (QED) is 0.915. The first-order valence-corrected chi connectivity index (χ1v) is 8.51. The molecule has 23 heavy (non-hydrogen) atoms. The van der Waals surface area contributed by atoms with Crippen LogP contribution in [0.4, 0.5) is 11.6 Å². The van der Waals surface area contributed by atoms with Gasteiger partial charge in [0.15, 0.2) is 11.6 Å². The SMILES string of the molecule is C1CCCN(c2nc3nonc3nc2NC[C@@H]2CCCO2)CC1. The Labute approximate surface area is 134 Å².